The molecule has 0 aliphatic rings. The average molecular weight is 255 g/mol. The van der Waals surface area contributed by atoms with Crippen molar-refractivity contribution in [3.63, 3.8) is 0 Å². The first-order valence-corrected chi connectivity index (χ1v) is 5.35. The zero-order valence-electron chi connectivity index (χ0n) is 9.99. The molecule has 0 saturated heterocycles. The van der Waals surface area contributed by atoms with Gasteiger partial charge in [0.2, 0.25) is 0 Å². The minimum absolute atomic E-state index is 0.00685. The molecule has 0 aliphatic heterocycles. The molecular formula is C12H9N5O2. The molecule has 2 aromatic rings. The van der Waals surface area contributed by atoms with Gasteiger partial charge in [0.25, 0.3) is 5.69 Å². The molecule has 2 rings (SSSR count). The smallest absolute Gasteiger partial charge is 0.274 e. The van der Waals surface area contributed by atoms with Crippen molar-refractivity contribution in [1.29, 1.82) is 5.26 Å². The highest BCUT2D eigenvalue weighted by Gasteiger charge is 2.12. The largest absolute Gasteiger partial charge is 0.338 e. The fourth-order valence-electron chi connectivity index (χ4n) is 1.53. The van der Waals surface area contributed by atoms with Crippen molar-refractivity contribution in [2.45, 2.75) is 6.92 Å². The van der Waals surface area contributed by atoms with Gasteiger partial charge in [0.05, 0.1) is 4.92 Å². The summed E-state index contributed by atoms with van der Waals surface area (Å²) < 4.78 is 0. The summed E-state index contributed by atoms with van der Waals surface area (Å²) in [6.07, 6.45) is 2.84. The van der Waals surface area contributed by atoms with Crippen molar-refractivity contribution in [2.75, 3.05) is 5.32 Å². The van der Waals surface area contributed by atoms with E-state index in [1.165, 1.54) is 18.5 Å². The monoisotopic (exact) mass is 255 g/mol. The van der Waals surface area contributed by atoms with Gasteiger partial charge in [-0.15, -0.1) is 0 Å². The van der Waals surface area contributed by atoms with Gasteiger partial charge >= 0.3 is 0 Å². The molecule has 0 saturated carbocycles. The number of benzene rings is 1. The van der Waals surface area contributed by atoms with Gasteiger partial charge in [0.1, 0.15) is 6.07 Å². The van der Waals surface area contributed by atoms with Gasteiger partial charge in [-0.2, -0.15) is 5.26 Å². The van der Waals surface area contributed by atoms with E-state index in [0.29, 0.717) is 11.3 Å². The Labute approximate surface area is 108 Å². The molecule has 0 unspecified atom stereocenters. The summed E-state index contributed by atoms with van der Waals surface area (Å²) in [5.74, 6) is 0.267. The van der Waals surface area contributed by atoms with E-state index in [2.05, 4.69) is 15.3 Å². The molecule has 0 radical (unpaired) electrons. The number of nitriles is 1. The number of nitro benzene ring substituents is 1. The zero-order chi connectivity index (χ0) is 13.8. The highest BCUT2D eigenvalue weighted by molar-refractivity contribution is 5.64. The third kappa shape index (κ3) is 2.63. The third-order valence-electron chi connectivity index (χ3n) is 2.47. The Kier molecular flexibility index (Phi) is 3.34. The topological polar surface area (TPSA) is 105 Å². The van der Waals surface area contributed by atoms with Crippen LogP contribution in [0.3, 0.4) is 0 Å². The van der Waals surface area contributed by atoms with E-state index in [9.17, 15) is 10.1 Å². The van der Waals surface area contributed by atoms with Crippen molar-refractivity contribution < 1.29 is 4.92 Å². The van der Waals surface area contributed by atoms with Crippen LogP contribution in [0.5, 0.6) is 0 Å². The Balaban J connectivity index is 2.37. The number of aromatic nitrogens is 2. The van der Waals surface area contributed by atoms with Gasteiger partial charge in [-0.1, -0.05) is 6.07 Å². The molecule has 1 heterocycles. The second-order valence-corrected chi connectivity index (χ2v) is 3.75. The van der Waals surface area contributed by atoms with Gasteiger partial charge in [-0.25, -0.2) is 9.97 Å². The lowest BCUT2D eigenvalue weighted by molar-refractivity contribution is -0.385. The van der Waals surface area contributed by atoms with Crippen LogP contribution in [-0.2, 0) is 0 Å². The third-order valence-corrected chi connectivity index (χ3v) is 2.47. The Hall–Kier alpha value is -3.01. The van der Waals surface area contributed by atoms with E-state index in [1.807, 2.05) is 6.07 Å². The molecule has 0 atom stereocenters. The van der Waals surface area contributed by atoms with Crippen molar-refractivity contribution in [1.82, 2.24) is 9.97 Å². The van der Waals surface area contributed by atoms with E-state index in [0.717, 1.165) is 0 Å². The SMILES string of the molecule is Cc1ccc(Nc2nccnc2C#N)cc1[N+](=O)[O-]. The lowest BCUT2D eigenvalue weighted by Gasteiger charge is -2.06. The Morgan fingerprint density at radius 3 is 2.79 bits per heavy atom. The summed E-state index contributed by atoms with van der Waals surface area (Å²) in [5.41, 5.74) is 1.18. The van der Waals surface area contributed by atoms with Gasteiger partial charge in [0, 0.05) is 29.7 Å². The van der Waals surface area contributed by atoms with Crippen LogP contribution in [0.4, 0.5) is 17.2 Å². The molecule has 1 N–H and O–H groups in total. The second kappa shape index (κ2) is 5.10. The van der Waals surface area contributed by atoms with Crippen LogP contribution in [0.2, 0.25) is 0 Å². The van der Waals surface area contributed by atoms with Crippen LogP contribution in [-0.4, -0.2) is 14.9 Å². The highest BCUT2D eigenvalue weighted by Crippen LogP contribution is 2.24. The summed E-state index contributed by atoms with van der Waals surface area (Å²) >= 11 is 0. The fraction of sp³-hybridized carbons (Fsp3) is 0.0833. The van der Waals surface area contributed by atoms with E-state index in [-0.39, 0.29) is 17.2 Å². The molecule has 1 aromatic carbocycles. The van der Waals surface area contributed by atoms with Gasteiger partial charge < -0.3 is 5.32 Å². The summed E-state index contributed by atoms with van der Waals surface area (Å²) in [6, 6.07) is 6.60. The van der Waals surface area contributed by atoms with Crippen LogP contribution in [0, 0.1) is 28.4 Å². The number of nitrogens with zero attached hydrogens (tertiary/aromatic N) is 4. The van der Waals surface area contributed by atoms with E-state index >= 15 is 0 Å². The minimum Gasteiger partial charge on any atom is -0.338 e. The lowest BCUT2D eigenvalue weighted by atomic mass is 10.2. The standard InChI is InChI=1S/C12H9N5O2/c1-8-2-3-9(6-11(8)17(18)19)16-12-10(7-13)14-4-5-15-12/h2-6H,1H3,(H,15,16). The molecule has 19 heavy (non-hydrogen) atoms. The first kappa shape index (κ1) is 12.4. The van der Waals surface area contributed by atoms with Crippen molar-refractivity contribution in [2.24, 2.45) is 0 Å². The molecule has 94 valence electrons. The Morgan fingerprint density at radius 2 is 2.11 bits per heavy atom. The van der Waals surface area contributed by atoms with E-state index < -0.39 is 4.92 Å². The van der Waals surface area contributed by atoms with Gasteiger partial charge in [-0.05, 0) is 13.0 Å². The number of hydrogen-bond acceptors (Lipinski definition) is 6. The van der Waals surface area contributed by atoms with Crippen molar-refractivity contribution >= 4 is 17.2 Å². The summed E-state index contributed by atoms with van der Waals surface area (Å²) in [4.78, 5) is 18.2. The normalized spacial score (nSPS) is 9.68. The summed E-state index contributed by atoms with van der Waals surface area (Å²) in [5, 5.41) is 22.6. The van der Waals surface area contributed by atoms with Crippen LogP contribution < -0.4 is 5.32 Å². The number of anilines is 2. The Bertz CT molecular complexity index is 678. The van der Waals surface area contributed by atoms with Crippen LogP contribution in [0.1, 0.15) is 11.3 Å². The van der Waals surface area contributed by atoms with Crippen molar-refractivity contribution in [3.8, 4) is 6.07 Å². The van der Waals surface area contributed by atoms with Gasteiger partial charge in [0.15, 0.2) is 11.5 Å². The maximum Gasteiger partial charge on any atom is 0.274 e. The number of rotatable bonds is 3. The average Bonchev–Trinajstić information content (AvgIpc) is 2.41. The summed E-state index contributed by atoms with van der Waals surface area (Å²) in [6.45, 7) is 1.66. The van der Waals surface area contributed by atoms with Crippen LogP contribution in [0.15, 0.2) is 30.6 Å². The molecule has 7 nitrogen and oxygen atoms in total. The second-order valence-electron chi connectivity index (χ2n) is 3.75. The quantitative estimate of drug-likeness (QED) is 0.666. The number of hydrogen-bond donors (Lipinski definition) is 1. The van der Waals surface area contributed by atoms with E-state index in [1.54, 1.807) is 19.1 Å². The predicted octanol–water partition coefficient (Wildman–Crippen LogP) is 2.31. The number of nitro groups is 1. The van der Waals surface area contributed by atoms with Crippen molar-refractivity contribution in [3.05, 3.63) is 52.0 Å². The molecule has 0 aliphatic carbocycles. The first-order valence-electron chi connectivity index (χ1n) is 5.35. The number of aryl methyl sites for hydroxylation is 1. The zero-order valence-corrected chi connectivity index (χ0v) is 9.99. The fourth-order valence-corrected chi connectivity index (χ4v) is 1.53. The maximum absolute atomic E-state index is 10.8. The molecule has 1 aromatic heterocycles. The predicted molar refractivity (Wildman–Crippen MR) is 67.9 cm³/mol. The molecule has 7 heteroatoms. The summed E-state index contributed by atoms with van der Waals surface area (Å²) in [7, 11) is 0. The molecule has 0 fully saturated rings. The molecule has 0 bridgehead atoms. The molecule has 0 spiro atoms. The molecule has 0 amide bonds. The minimum atomic E-state index is -0.456. The van der Waals surface area contributed by atoms with E-state index in [4.69, 9.17) is 5.26 Å². The Morgan fingerprint density at radius 1 is 1.37 bits per heavy atom. The van der Waals surface area contributed by atoms with Crippen LogP contribution >= 0.6 is 0 Å². The van der Waals surface area contributed by atoms with Crippen LogP contribution in [0.25, 0.3) is 0 Å². The number of nitrogens with one attached hydrogen (secondary N) is 1. The molecular weight excluding hydrogens is 246 g/mol. The first-order chi connectivity index (χ1) is 9.11. The van der Waals surface area contributed by atoms with Gasteiger partial charge in [-0.3, -0.25) is 10.1 Å². The highest BCUT2D eigenvalue weighted by atomic mass is 16.6. The maximum atomic E-state index is 10.8. The lowest BCUT2D eigenvalue weighted by Crippen LogP contribution is -2.00.